The summed E-state index contributed by atoms with van der Waals surface area (Å²) in [5.41, 5.74) is 8.97. The van der Waals surface area contributed by atoms with Gasteiger partial charge in [-0.3, -0.25) is 4.79 Å². The Morgan fingerprint density at radius 2 is 1.64 bits per heavy atom. The van der Waals surface area contributed by atoms with E-state index >= 15 is 0 Å². The Balaban J connectivity index is 0.00000192. The third kappa shape index (κ3) is 2.95. The predicted molar refractivity (Wildman–Crippen MR) is 112 cm³/mol. The molecule has 2 aliphatic heterocycles. The maximum Gasteiger partial charge on any atom is 0.294 e. The molecule has 2 aromatic rings. The van der Waals surface area contributed by atoms with E-state index in [4.69, 9.17) is 0 Å². The van der Waals surface area contributed by atoms with Crippen LogP contribution in [0.1, 0.15) is 50.5 Å². The molecule has 0 spiro atoms. The minimum absolute atomic E-state index is 0. The van der Waals surface area contributed by atoms with E-state index in [1.807, 2.05) is 36.2 Å². The number of fused-ring (bicyclic) bond motifs is 3. The number of rotatable bonds is 2. The van der Waals surface area contributed by atoms with E-state index in [1.165, 1.54) is 37.7 Å². The predicted octanol–water partition coefficient (Wildman–Crippen LogP) is 3.84. The monoisotopic (exact) mass is 378 g/mol. The molecule has 0 atom stereocenters. The standard InChI is InChI=1S/C22H24N4O.H2O/c1-15-21-22(27)25(24-26(21)20-10-6-5-9-19(20)23-15)18-13-11-17(12-14-18)16-7-3-2-4-8-16;/h5-6,9-14,16,23-24H,2-4,7-8H2,1H3;1H2. The zero-order valence-electron chi connectivity index (χ0n) is 16.0. The lowest BCUT2D eigenvalue weighted by Crippen LogP contribution is -2.41. The van der Waals surface area contributed by atoms with Gasteiger partial charge in [-0.1, -0.05) is 43.5 Å². The van der Waals surface area contributed by atoms with Crippen LogP contribution in [0.5, 0.6) is 0 Å². The second-order valence-electron chi connectivity index (χ2n) is 7.62. The summed E-state index contributed by atoms with van der Waals surface area (Å²) >= 11 is 0. The number of hydrogen-bond donors (Lipinski definition) is 2. The lowest BCUT2D eigenvalue weighted by Gasteiger charge is -2.28. The molecule has 5 rings (SSSR count). The number of anilines is 3. The minimum Gasteiger partial charge on any atom is -0.412 e. The van der Waals surface area contributed by atoms with Crippen LogP contribution in [0.4, 0.5) is 17.1 Å². The van der Waals surface area contributed by atoms with E-state index in [0.717, 1.165) is 22.8 Å². The number of allylic oxidation sites excluding steroid dienone is 1. The van der Waals surface area contributed by atoms with Crippen LogP contribution in [-0.4, -0.2) is 11.4 Å². The van der Waals surface area contributed by atoms with Crippen LogP contribution in [0.3, 0.4) is 0 Å². The quantitative estimate of drug-likeness (QED) is 0.832. The van der Waals surface area contributed by atoms with Crippen molar-refractivity contribution in [3.8, 4) is 0 Å². The molecule has 0 radical (unpaired) electrons. The molecule has 6 heteroatoms. The van der Waals surface area contributed by atoms with Crippen molar-refractivity contribution in [1.82, 2.24) is 5.53 Å². The van der Waals surface area contributed by atoms with Gasteiger partial charge in [0.1, 0.15) is 5.70 Å². The zero-order chi connectivity index (χ0) is 18.4. The van der Waals surface area contributed by atoms with Gasteiger partial charge in [-0.25, -0.2) is 10.0 Å². The van der Waals surface area contributed by atoms with E-state index in [-0.39, 0.29) is 11.4 Å². The lowest BCUT2D eigenvalue weighted by molar-refractivity contribution is -0.114. The SMILES string of the molecule is CC1=C2C(=O)N(c3ccc(C4CCCCC4)cc3)NN2c2ccccc2N1.O. The van der Waals surface area contributed by atoms with Crippen molar-refractivity contribution in [2.45, 2.75) is 44.9 Å². The lowest BCUT2D eigenvalue weighted by atomic mass is 9.84. The molecule has 28 heavy (non-hydrogen) atoms. The van der Waals surface area contributed by atoms with Gasteiger partial charge in [-0.2, -0.15) is 0 Å². The van der Waals surface area contributed by atoms with Crippen molar-refractivity contribution < 1.29 is 10.3 Å². The Bertz CT molecular complexity index is 916. The van der Waals surface area contributed by atoms with Crippen LogP contribution in [-0.2, 0) is 4.79 Å². The number of carbonyl (C=O) groups excluding carboxylic acids is 1. The maximum absolute atomic E-state index is 13.1. The molecular formula is C22H26N4O2. The normalized spacial score (nSPS) is 19.1. The van der Waals surface area contributed by atoms with Gasteiger partial charge in [0.25, 0.3) is 5.91 Å². The molecule has 1 aliphatic carbocycles. The highest BCUT2D eigenvalue weighted by atomic mass is 16.2. The first kappa shape index (κ1) is 18.5. The number of carbonyl (C=O) groups is 1. The third-order valence-corrected chi connectivity index (χ3v) is 5.88. The summed E-state index contributed by atoms with van der Waals surface area (Å²) in [6, 6.07) is 16.5. The average molecular weight is 378 g/mol. The Morgan fingerprint density at radius 3 is 2.39 bits per heavy atom. The van der Waals surface area contributed by atoms with E-state index < -0.39 is 0 Å². The van der Waals surface area contributed by atoms with E-state index in [9.17, 15) is 4.79 Å². The molecule has 1 saturated heterocycles. The van der Waals surface area contributed by atoms with Crippen molar-refractivity contribution in [3.63, 3.8) is 0 Å². The van der Waals surface area contributed by atoms with Gasteiger partial charge in [0.05, 0.1) is 17.1 Å². The number of amides is 1. The second-order valence-corrected chi connectivity index (χ2v) is 7.62. The highest BCUT2D eigenvalue weighted by Gasteiger charge is 2.39. The van der Waals surface area contributed by atoms with Crippen molar-refractivity contribution in [2.75, 3.05) is 15.3 Å². The van der Waals surface area contributed by atoms with Crippen molar-refractivity contribution in [1.29, 1.82) is 0 Å². The minimum atomic E-state index is -0.0417. The van der Waals surface area contributed by atoms with Gasteiger partial charge in [0.2, 0.25) is 0 Å². The number of benzene rings is 2. The molecule has 0 unspecified atom stereocenters. The van der Waals surface area contributed by atoms with Gasteiger partial charge in [0, 0.05) is 5.70 Å². The fraction of sp³-hybridized carbons (Fsp3) is 0.318. The second kappa shape index (κ2) is 7.30. The molecule has 0 aromatic heterocycles. The number of hydrogen-bond acceptors (Lipinski definition) is 4. The summed E-state index contributed by atoms with van der Waals surface area (Å²) < 4.78 is 0. The van der Waals surface area contributed by atoms with Crippen molar-refractivity contribution >= 4 is 23.0 Å². The molecule has 0 bridgehead atoms. The first-order chi connectivity index (χ1) is 13.2. The molecule has 2 fully saturated rings. The summed E-state index contributed by atoms with van der Waals surface area (Å²) in [4.78, 5) is 13.1. The van der Waals surface area contributed by atoms with Crippen LogP contribution in [0, 0.1) is 0 Å². The van der Waals surface area contributed by atoms with Gasteiger partial charge in [-0.15, -0.1) is 5.53 Å². The van der Waals surface area contributed by atoms with Crippen LogP contribution in [0.25, 0.3) is 0 Å². The molecule has 1 amide bonds. The smallest absolute Gasteiger partial charge is 0.294 e. The maximum atomic E-state index is 13.1. The van der Waals surface area contributed by atoms with Gasteiger partial charge in [-0.05, 0) is 55.5 Å². The molecule has 2 aromatic carbocycles. The largest absolute Gasteiger partial charge is 0.412 e. The number of nitrogens with one attached hydrogen (secondary N) is 2. The molecule has 4 N–H and O–H groups in total. The number of nitrogens with zero attached hydrogens (tertiary/aromatic N) is 2. The Kier molecular flexibility index (Phi) is 4.83. The molecule has 1 saturated carbocycles. The molecule has 3 aliphatic rings. The molecule has 6 nitrogen and oxygen atoms in total. The molecule has 2 heterocycles. The number of hydrazine groups is 2. The first-order valence-corrected chi connectivity index (χ1v) is 9.80. The number of para-hydroxylation sites is 2. The summed E-state index contributed by atoms with van der Waals surface area (Å²) in [6.07, 6.45) is 6.58. The van der Waals surface area contributed by atoms with Crippen LogP contribution >= 0.6 is 0 Å². The first-order valence-electron chi connectivity index (χ1n) is 9.80. The summed E-state index contributed by atoms with van der Waals surface area (Å²) in [5.74, 6) is 0.627. The van der Waals surface area contributed by atoms with Crippen LogP contribution < -0.4 is 20.9 Å². The Hall–Kier alpha value is -2.83. The van der Waals surface area contributed by atoms with Crippen molar-refractivity contribution in [2.24, 2.45) is 0 Å². The fourth-order valence-electron chi connectivity index (χ4n) is 4.44. The third-order valence-electron chi connectivity index (χ3n) is 5.88. The fourth-order valence-corrected chi connectivity index (χ4v) is 4.44. The highest BCUT2D eigenvalue weighted by molar-refractivity contribution is 6.12. The van der Waals surface area contributed by atoms with Crippen LogP contribution in [0.15, 0.2) is 59.9 Å². The average Bonchev–Trinajstić information content (AvgIpc) is 3.07. The summed E-state index contributed by atoms with van der Waals surface area (Å²) in [5, 5.41) is 6.84. The van der Waals surface area contributed by atoms with E-state index in [0.29, 0.717) is 11.6 Å². The van der Waals surface area contributed by atoms with Gasteiger partial charge in [0.15, 0.2) is 0 Å². The summed E-state index contributed by atoms with van der Waals surface area (Å²) in [6.45, 7) is 1.94. The zero-order valence-corrected chi connectivity index (χ0v) is 16.0. The Labute approximate surface area is 165 Å². The van der Waals surface area contributed by atoms with E-state index in [1.54, 1.807) is 5.01 Å². The van der Waals surface area contributed by atoms with Crippen molar-refractivity contribution in [3.05, 3.63) is 65.5 Å². The van der Waals surface area contributed by atoms with E-state index in [2.05, 4.69) is 35.1 Å². The topological polar surface area (TPSA) is 79.1 Å². The van der Waals surface area contributed by atoms with Gasteiger partial charge >= 0.3 is 0 Å². The van der Waals surface area contributed by atoms with Crippen LogP contribution in [0.2, 0.25) is 0 Å². The highest BCUT2D eigenvalue weighted by Crippen LogP contribution is 2.38. The Morgan fingerprint density at radius 1 is 0.929 bits per heavy atom. The molecule has 146 valence electrons. The molecular weight excluding hydrogens is 352 g/mol. The van der Waals surface area contributed by atoms with Gasteiger partial charge < -0.3 is 10.8 Å². The summed E-state index contributed by atoms with van der Waals surface area (Å²) in [7, 11) is 0.